The number of hydrogen-bond acceptors (Lipinski definition) is 5. The van der Waals surface area contributed by atoms with Gasteiger partial charge in [-0.3, -0.25) is 14.3 Å². The van der Waals surface area contributed by atoms with E-state index < -0.39 is 0 Å². The zero-order valence-corrected chi connectivity index (χ0v) is 15.1. The van der Waals surface area contributed by atoms with E-state index in [4.69, 9.17) is 4.42 Å². The summed E-state index contributed by atoms with van der Waals surface area (Å²) < 4.78 is 7.27. The highest BCUT2D eigenvalue weighted by Crippen LogP contribution is 2.41. The molecule has 0 spiro atoms. The van der Waals surface area contributed by atoms with Crippen molar-refractivity contribution in [1.82, 2.24) is 25.0 Å². The molecule has 4 rings (SSSR count). The maximum absolute atomic E-state index is 12.4. The van der Waals surface area contributed by atoms with Crippen molar-refractivity contribution in [3.63, 3.8) is 0 Å². The van der Waals surface area contributed by atoms with Crippen molar-refractivity contribution in [2.45, 2.75) is 52.2 Å². The lowest BCUT2D eigenvalue weighted by Crippen LogP contribution is -2.40. The van der Waals surface area contributed by atoms with E-state index in [1.54, 1.807) is 0 Å². The minimum atomic E-state index is -0.233. The third-order valence-electron chi connectivity index (χ3n) is 4.84. The van der Waals surface area contributed by atoms with E-state index in [0.717, 1.165) is 24.2 Å². The molecule has 0 bridgehead atoms. The van der Waals surface area contributed by atoms with Crippen molar-refractivity contribution in [3.05, 3.63) is 35.3 Å². The minimum absolute atomic E-state index is 0.00801. The van der Waals surface area contributed by atoms with Gasteiger partial charge < -0.3 is 14.6 Å². The number of rotatable bonds is 5. The molecule has 3 heterocycles. The van der Waals surface area contributed by atoms with E-state index >= 15 is 0 Å². The van der Waals surface area contributed by atoms with Gasteiger partial charge in [-0.15, -0.1) is 0 Å². The Labute approximate surface area is 151 Å². The Bertz CT molecular complexity index is 834. The molecule has 8 heteroatoms. The van der Waals surface area contributed by atoms with Crippen molar-refractivity contribution in [1.29, 1.82) is 0 Å². The van der Waals surface area contributed by atoms with Gasteiger partial charge in [-0.05, 0) is 18.9 Å². The van der Waals surface area contributed by atoms with Gasteiger partial charge in [-0.2, -0.15) is 5.10 Å². The molecule has 0 atom stereocenters. The van der Waals surface area contributed by atoms with Crippen LogP contribution < -0.4 is 5.32 Å². The molecule has 2 amide bonds. The van der Waals surface area contributed by atoms with Crippen LogP contribution in [0.5, 0.6) is 0 Å². The number of hydrogen-bond donors (Lipinski definition) is 1. The molecule has 1 fully saturated rings. The summed E-state index contributed by atoms with van der Waals surface area (Å²) in [6.45, 7) is 6.06. The van der Waals surface area contributed by atoms with Crippen LogP contribution in [0.2, 0.25) is 0 Å². The van der Waals surface area contributed by atoms with Crippen LogP contribution >= 0.6 is 0 Å². The quantitative estimate of drug-likeness (QED) is 0.879. The van der Waals surface area contributed by atoms with Gasteiger partial charge in [0.1, 0.15) is 5.76 Å². The molecule has 8 nitrogen and oxygen atoms in total. The maximum atomic E-state index is 12.4. The van der Waals surface area contributed by atoms with Crippen LogP contribution in [0.1, 0.15) is 60.2 Å². The molecule has 1 N–H and O–H groups in total. The number of oxazole rings is 1. The summed E-state index contributed by atoms with van der Waals surface area (Å²) in [4.78, 5) is 30.5. The number of carbonyl (C=O) groups excluding carboxylic acids is 2. The average Bonchev–Trinajstić information content (AvgIpc) is 3.20. The molecular formula is C18H23N5O3. The van der Waals surface area contributed by atoms with Crippen molar-refractivity contribution >= 4 is 11.8 Å². The molecule has 1 aliphatic heterocycles. The average molecular weight is 357 g/mol. The van der Waals surface area contributed by atoms with E-state index in [1.807, 2.05) is 29.5 Å². The van der Waals surface area contributed by atoms with E-state index in [-0.39, 0.29) is 17.7 Å². The Hall–Kier alpha value is -2.64. The van der Waals surface area contributed by atoms with Crippen LogP contribution in [0.4, 0.5) is 0 Å². The summed E-state index contributed by atoms with van der Waals surface area (Å²) in [6.07, 6.45) is 3.43. The van der Waals surface area contributed by atoms with Gasteiger partial charge in [0.05, 0.1) is 31.0 Å². The minimum Gasteiger partial charge on any atom is -0.447 e. The van der Waals surface area contributed by atoms with Gasteiger partial charge in [0.15, 0.2) is 12.1 Å². The first kappa shape index (κ1) is 16.8. The number of nitrogens with zero attached hydrogens (tertiary/aromatic N) is 4. The first-order chi connectivity index (χ1) is 12.5. The summed E-state index contributed by atoms with van der Waals surface area (Å²) >= 11 is 0. The van der Waals surface area contributed by atoms with E-state index in [0.29, 0.717) is 43.6 Å². The summed E-state index contributed by atoms with van der Waals surface area (Å²) in [5.74, 6) is 0.942. The zero-order chi connectivity index (χ0) is 18.3. The highest BCUT2D eigenvalue weighted by Gasteiger charge is 2.32. The van der Waals surface area contributed by atoms with Crippen LogP contribution in [-0.4, -0.2) is 38.0 Å². The fraction of sp³-hybridized carbons (Fsp3) is 0.556. The van der Waals surface area contributed by atoms with Crippen LogP contribution in [0.15, 0.2) is 16.9 Å². The summed E-state index contributed by atoms with van der Waals surface area (Å²) in [6, 6.07) is 1.95. The highest BCUT2D eigenvalue weighted by atomic mass is 16.3. The summed E-state index contributed by atoms with van der Waals surface area (Å²) in [7, 11) is 0. The second-order valence-electron chi connectivity index (χ2n) is 7.29. The number of fused-ring (bicyclic) bond motifs is 1. The second kappa shape index (κ2) is 6.59. The molecule has 0 aromatic carbocycles. The van der Waals surface area contributed by atoms with Gasteiger partial charge in [-0.1, -0.05) is 13.8 Å². The van der Waals surface area contributed by atoms with Crippen molar-refractivity contribution in [3.8, 4) is 0 Å². The van der Waals surface area contributed by atoms with Gasteiger partial charge in [0.25, 0.3) is 5.91 Å². The summed E-state index contributed by atoms with van der Waals surface area (Å²) in [5, 5.41) is 7.40. The number of aromatic nitrogens is 3. The Morgan fingerprint density at radius 3 is 2.88 bits per heavy atom. The third-order valence-corrected chi connectivity index (χ3v) is 4.84. The molecule has 2 aromatic heterocycles. The van der Waals surface area contributed by atoms with Crippen LogP contribution in [0, 0.1) is 5.92 Å². The van der Waals surface area contributed by atoms with Crippen molar-refractivity contribution < 1.29 is 14.0 Å². The predicted octanol–water partition coefficient (Wildman–Crippen LogP) is 1.68. The lowest BCUT2D eigenvalue weighted by Gasteiger charge is -2.29. The second-order valence-corrected chi connectivity index (χ2v) is 7.29. The van der Waals surface area contributed by atoms with Crippen LogP contribution in [-0.2, 0) is 24.4 Å². The molecule has 0 radical (unpaired) electrons. The summed E-state index contributed by atoms with van der Waals surface area (Å²) in [5.41, 5.74) is 2.16. The lowest BCUT2D eigenvalue weighted by atomic mass is 10.1. The Kier molecular flexibility index (Phi) is 4.26. The molecule has 0 unspecified atom stereocenters. The van der Waals surface area contributed by atoms with Crippen LogP contribution in [0.3, 0.4) is 0 Å². The van der Waals surface area contributed by atoms with Gasteiger partial charge in [0, 0.05) is 18.4 Å². The van der Waals surface area contributed by atoms with Crippen molar-refractivity contribution in [2.75, 3.05) is 6.54 Å². The standard InChI is InChI=1S/C18H23N5O3/c1-11(2)18(25)22-5-6-23-14(9-22)7-13(21-23)8-19-17(24)15-16(12-3-4-12)26-10-20-15/h7,10-12H,3-6,8-9H2,1-2H3,(H,19,24). The first-order valence-corrected chi connectivity index (χ1v) is 9.09. The number of nitrogens with one attached hydrogen (secondary N) is 1. The van der Waals surface area contributed by atoms with Gasteiger partial charge in [-0.25, -0.2) is 4.98 Å². The Balaban J connectivity index is 1.39. The number of carbonyl (C=O) groups is 2. The Morgan fingerprint density at radius 2 is 2.15 bits per heavy atom. The largest absolute Gasteiger partial charge is 0.447 e. The highest BCUT2D eigenvalue weighted by molar-refractivity contribution is 5.93. The first-order valence-electron chi connectivity index (χ1n) is 9.09. The van der Waals surface area contributed by atoms with E-state index in [1.165, 1.54) is 6.39 Å². The molecule has 1 aliphatic carbocycles. The van der Waals surface area contributed by atoms with Crippen LogP contribution in [0.25, 0.3) is 0 Å². The third kappa shape index (κ3) is 3.23. The normalized spacial score (nSPS) is 16.7. The number of amides is 2. The molecule has 0 saturated heterocycles. The lowest BCUT2D eigenvalue weighted by molar-refractivity contribution is -0.136. The fourth-order valence-corrected chi connectivity index (χ4v) is 3.28. The fourth-order valence-electron chi connectivity index (χ4n) is 3.28. The van der Waals surface area contributed by atoms with Gasteiger partial charge in [0.2, 0.25) is 5.91 Å². The van der Waals surface area contributed by atoms with E-state index in [9.17, 15) is 9.59 Å². The molecule has 1 saturated carbocycles. The topological polar surface area (TPSA) is 93.3 Å². The van der Waals surface area contributed by atoms with Crippen molar-refractivity contribution in [2.24, 2.45) is 5.92 Å². The Morgan fingerprint density at radius 1 is 1.35 bits per heavy atom. The monoisotopic (exact) mass is 357 g/mol. The molecule has 2 aromatic rings. The van der Waals surface area contributed by atoms with E-state index in [2.05, 4.69) is 15.4 Å². The maximum Gasteiger partial charge on any atom is 0.273 e. The van der Waals surface area contributed by atoms with Gasteiger partial charge >= 0.3 is 0 Å². The predicted molar refractivity (Wildman–Crippen MR) is 92.1 cm³/mol. The molecule has 26 heavy (non-hydrogen) atoms. The molecular weight excluding hydrogens is 334 g/mol. The zero-order valence-electron chi connectivity index (χ0n) is 15.1. The smallest absolute Gasteiger partial charge is 0.273 e. The molecule has 2 aliphatic rings. The SMILES string of the molecule is CC(C)C(=O)N1CCn2nc(CNC(=O)c3ncoc3C3CC3)cc2C1. The molecule has 138 valence electrons.